The zero-order valence-corrected chi connectivity index (χ0v) is 13.4. The normalized spacial score (nSPS) is 19.1. The van der Waals surface area contributed by atoms with Gasteiger partial charge in [-0.15, -0.1) is 0 Å². The highest BCUT2D eigenvalue weighted by Gasteiger charge is 2.31. The fraction of sp³-hybridized carbons (Fsp3) is 0.643. The van der Waals surface area contributed by atoms with Gasteiger partial charge in [-0.1, -0.05) is 13.3 Å². The lowest BCUT2D eigenvalue weighted by molar-refractivity contribution is -0.138. The summed E-state index contributed by atoms with van der Waals surface area (Å²) < 4.78 is 33.2. The summed E-state index contributed by atoms with van der Waals surface area (Å²) in [5, 5.41) is 9.24. The summed E-state index contributed by atoms with van der Waals surface area (Å²) in [6.07, 6.45) is 5.57. The van der Waals surface area contributed by atoms with Crippen molar-refractivity contribution in [3.63, 3.8) is 0 Å². The molecule has 0 aromatic carbocycles. The molecule has 1 aromatic rings. The topological polar surface area (TPSA) is 99.9 Å². The average molecular weight is 330 g/mol. The first-order chi connectivity index (χ1) is 10.4. The number of piperidine rings is 1. The highest BCUT2D eigenvalue weighted by atomic mass is 32.2. The lowest BCUT2D eigenvalue weighted by atomic mass is 9.96. The third kappa shape index (κ3) is 4.31. The van der Waals surface area contributed by atoms with E-state index in [0.29, 0.717) is 24.6 Å². The van der Waals surface area contributed by atoms with Gasteiger partial charge in [0.15, 0.2) is 0 Å². The van der Waals surface area contributed by atoms with E-state index >= 15 is 0 Å². The molecule has 124 valence electrons. The molecule has 0 bridgehead atoms. The molecule has 1 aliphatic rings. The van der Waals surface area contributed by atoms with E-state index in [1.54, 1.807) is 6.07 Å². The zero-order valence-electron chi connectivity index (χ0n) is 12.6. The lowest BCUT2D eigenvalue weighted by Gasteiger charge is -2.31. The standard InChI is InChI=1S/C14H22N2O5S/c1-2-11-3-6-16(7-4-11)22(19,20)15-13(14(17)18)9-12-5-8-21-10-12/h5,8,10-11,13,15H,2-4,6-7,9H2,1H3,(H,17,18). The Kier molecular flexibility index (Phi) is 5.60. The third-order valence-corrected chi connectivity index (χ3v) is 5.73. The number of carbonyl (C=O) groups is 1. The monoisotopic (exact) mass is 330 g/mol. The van der Waals surface area contributed by atoms with Crippen molar-refractivity contribution in [2.45, 2.75) is 38.6 Å². The number of rotatable bonds is 7. The fourth-order valence-corrected chi connectivity index (χ4v) is 4.02. The van der Waals surface area contributed by atoms with Gasteiger partial charge in [-0.25, -0.2) is 0 Å². The molecular weight excluding hydrogens is 308 g/mol. The molecule has 22 heavy (non-hydrogen) atoms. The second-order valence-corrected chi connectivity index (χ2v) is 7.30. The van der Waals surface area contributed by atoms with E-state index < -0.39 is 22.2 Å². The van der Waals surface area contributed by atoms with Crippen molar-refractivity contribution >= 4 is 16.2 Å². The fourth-order valence-electron chi connectivity index (χ4n) is 2.64. The van der Waals surface area contributed by atoms with Crippen LogP contribution in [0.5, 0.6) is 0 Å². The summed E-state index contributed by atoms with van der Waals surface area (Å²) in [7, 11) is -3.79. The molecule has 2 N–H and O–H groups in total. The van der Waals surface area contributed by atoms with Crippen LogP contribution in [0, 0.1) is 5.92 Å². The van der Waals surface area contributed by atoms with Crippen LogP contribution in [0.15, 0.2) is 23.0 Å². The molecule has 1 fully saturated rings. The minimum atomic E-state index is -3.79. The van der Waals surface area contributed by atoms with Crippen molar-refractivity contribution in [2.75, 3.05) is 13.1 Å². The number of hydrogen-bond donors (Lipinski definition) is 2. The highest BCUT2D eigenvalue weighted by Crippen LogP contribution is 2.21. The predicted octanol–water partition coefficient (Wildman–Crippen LogP) is 1.23. The molecule has 1 saturated heterocycles. The molecule has 8 heteroatoms. The first-order valence-electron chi connectivity index (χ1n) is 7.43. The largest absolute Gasteiger partial charge is 0.480 e. The van der Waals surface area contributed by atoms with E-state index in [-0.39, 0.29) is 6.42 Å². The average Bonchev–Trinajstić information content (AvgIpc) is 2.99. The zero-order chi connectivity index (χ0) is 16.2. The van der Waals surface area contributed by atoms with Crippen molar-refractivity contribution in [2.24, 2.45) is 5.92 Å². The van der Waals surface area contributed by atoms with E-state index in [2.05, 4.69) is 11.6 Å². The lowest BCUT2D eigenvalue weighted by Crippen LogP contribution is -2.51. The van der Waals surface area contributed by atoms with E-state index in [1.807, 2.05) is 0 Å². The maximum absolute atomic E-state index is 12.4. The van der Waals surface area contributed by atoms with Gasteiger partial charge in [0.05, 0.1) is 12.5 Å². The number of nitrogens with one attached hydrogen (secondary N) is 1. The van der Waals surface area contributed by atoms with Gasteiger partial charge in [-0.3, -0.25) is 4.79 Å². The van der Waals surface area contributed by atoms with E-state index in [1.165, 1.54) is 16.8 Å². The molecular formula is C14H22N2O5S. The molecule has 1 aliphatic heterocycles. The van der Waals surface area contributed by atoms with Gasteiger partial charge >= 0.3 is 5.97 Å². The number of hydrogen-bond acceptors (Lipinski definition) is 4. The summed E-state index contributed by atoms with van der Waals surface area (Å²) >= 11 is 0. The Hall–Kier alpha value is -1.38. The predicted molar refractivity (Wildman–Crippen MR) is 80.5 cm³/mol. The van der Waals surface area contributed by atoms with Gasteiger partial charge in [0.1, 0.15) is 6.04 Å². The maximum atomic E-state index is 12.4. The first kappa shape index (κ1) is 17.0. The van der Waals surface area contributed by atoms with Gasteiger partial charge in [-0.05, 0) is 30.4 Å². The molecule has 0 aliphatic carbocycles. The summed E-state index contributed by atoms with van der Waals surface area (Å²) in [5.41, 5.74) is 0.639. The Morgan fingerprint density at radius 2 is 2.18 bits per heavy atom. The number of carboxylic acid groups (broad SMARTS) is 1. The Labute approximate surface area is 130 Å². The maximum Gasteiger partial charge on any atom is 0.322 e. The Morgan fingerprint density at radius 1 is 1.50 bits per heavy atom. The minimum absolute atomic E-state index is 0.0521. The summed E-state index contributed by atoms with van der Waals surface area (Å²) in [5.74, 6) is -0.652. The highest BCUT2D eigenvalue weighted by molar-refractivity contribution is 7.87. The van der Waals surface area contributed by atoms with Gasteiger partial charge in [-0.2, -0.15) is 17.4 Å². The first-order valence-corrected chi connectivity index (χ1v) is 8.87. The Balaban J connectivity index is 2.00. The number of carboxylic acids is 1. The van der Waals surface area contributed by atoms with Crippen LogP contribution in [0.3, 0.4) is 0 Å². The van der Waals surface area contributed by atoms with Crippen molar-refractivity contribution in [3.8, 4) is 0 Å². The molecule has 0 radical (unpaired) electrons. The SMILES string of the molecule is CCC1CCN(S(=O)(=O)NC(Cc2ccoc2)C(=O)O)CC1. The number of furan rings is 1. The molecule has 2 heterocycles. The summed E-state index contributed by atoms with van der Waals surface area (Å²) in [6.45, 7) is 2.97. The van der Waals surface area contributed by atoms with Crippen molar-refractivity contribution in [1.82, 2.24) is 9.03 Å². The Morgan fingerprint density at radius 3 is 2.68 bits per heavy atom. The summed E-state index contributed by atoms with van der Waals surface area (Å²) in [6, 6.07) is 0.420. The third-order valence-electron chi connectivity index (χ3n) is 4.10. The second kappa shape index (κ2) is 7.26. The van der Waals surface area contributed by atoms with Crippen LogP contribution in [0.2, 0.25) is 0 Å². The van der Waals surface area contributed by atoms with Crippen LogP contribution in [0.25, 0.3) is 0 Å². The van der Waals surface area contributed by atoms with Gasteiger partial charge < -0.3 is 9.52 Å². The van der Waals surface area contributed by atoms with Crippen LogP contribution in [0.1, 0.15) is 31.7 Å². The van der Waals surface area contributed by atoms with E-state index in [9.17, 15) is 18.3 Å². The molecule has 0 saturated carbocycles. The second-order valence-electron chi connectivity index (χ2n) is 5.60. The minimum Gasteiger partial charge on any atom is -0.480 e. The quantitative estimate of drug-likeness (QED) is 0.783. The molecule has 1 unspecified atom stereocenters. The smallest absolute Gasteiger partial charge is 0.322 e. The summed E-state index contributed by atoms with van der Waals surface area (Å²) in [4.78, 5) is 11.3. The van der Waals surface area contributed by atoms with Crippen LogP contribution >= 0.6 is 0 Å². The Bertz CT molecular complexity index is 576. The van der Waals surface area contributed by atoms with E-state index in [4.69, 9.17) is 4.42 Å². The van der Waals surface area contributed by atoms with Crippen molar-refractivity contribution < 1.29 is 22.7 Å². The molecule has 2 rings (SSSR count). The van der Waals surface area contributed by atoms with Crippen LogP contribution in [-0.4, -0.2) is 42.9 Å². The van der Waals surface area contributed by atoms with Gasteiger partial charge in [0.2, 0.25) is 0 Å². The number of nitrogens with zero attached hydrogens (tertiary/aromatic N) is 1. The van der Waals surface area contributed by atoms with Crippen LogP contribution in [0.4, 0.5) is 0 Å². The van der Waals surface area contributed by atoms with Crippen LogP contribution < -0.4 is 4.72 Å². The number of aliphatic carboxylic acids is 1. The van der Waals surface area contributed by atoms with Crippen molar-refractivity contribution in [3.05, 3.63) is 24.2 Å². The van der Waals surface area contributed by atoms with Gasteiger partial charge in [0.25, 0.3) is 10.2 Å². The molecule has 0 spiro atoms. The molecule has 7 nitrogen and oxygen atoms in total. The molecule has 0 amide bonds. The molecule has 1 atom stereocenters. The van der Waals surface area contributed by atoms with Gasteiger partial charge in [0, 0.05) is 19.5 Å². The molecule has 1 aromatic heterocycles. The van der Waals surface area contributed by atoms with Crippen LogP contribution in [-0.2, 0) is 21.4 Å². The van der Waals surface area contributed by atoms with E-state index in [0.717, 1.165) is 19.3 Å². The van der Waals surface area contributed by atoms with Crippen molar-refractivity contribution in [1.29, 1.82) is 0 Å².